The Kier molecular flexibility index (Phi) is 4.93. The van der Waals surface area contributed by atoms with E-state index in [9.17, 15) is 26.0 Å². The number of nitrogens with one attached hydrogen (secondary N) is 1. The van der Waals surface area contributed by atoms with Gasteiger partial charge in [0.15, 0.2) is 0 Å². The number of aryl methyl sites for hydroxylation is 1. The number of aliphatic hydroxyl groups excluding tert-OH is 1. The summed E-state index contributed by atoms with van der Waals surface area (Å²) >= 11 is 0.938. The molecule has 0 unspecified atom stereocenters. The van der Waals surface area contributed by atoms with Gasteiger partial charge in [-0.3, -0.25) is 0 Å². The highest BCUT2D eigenvalue weighted by Crippen LogP contribution is 2.28. The largest absolute Gasteiger partial charge is 0.391 e. The maximum Gasteiger partial charge on any atom is 0.320 e. The summed E-state index contributed by atoms with van der Waals surface area (Å²) in [6, 6.07) is 0. The summed E-state index contributed by atoms with van der Waals surface area (Å²) in [5.74, 6) is -4.45. The SMILES string of the molecule is Cc1csc(CO)c1S(=O)(=O)NCC(F)(F)C(F)F. The van der Waals surface area contributed by atoms with Crippen LogP contribution in [0.1, 0.15) is 10.4 Å². The van der Waals surface area contributed by atoms with E-state index in [1.54, 1.807) is 0 Å². The van der Waals surface area contributed by atoms with Crippen molar-refractivity contribution in [2.24, 2.45) is 0 Å². The van der Waals surface area contributed by atoms with Gasteiger partial charge in [0.25, 0.3) is 0 Å². The molecule has 1 rings (SSSR count). The molecule has 2 N–H and O–H groups in total. The number of hydrogen-bond donors (Lipinski definition) is 2. The fourth-order valence-corrected chi connectivity index (χ4v) is 4.00. The van der Waals surface area contributed by atoms with E-state index in [-0.39, 0.29) is 15.3 Å². The zero-order valence-corrected chi connectivity index (χ0v) is 11.3. The Morgan fingerprint density at radius 3 is 2.53 bits per heavy atom. The molecule has 1 aromatic heterocycles. The molecule has 0 spiro atoms. The number of thiophene rings is 1. The zero-order chi connectivity index (χ0) is 14.8. The number of halogens is 4. The number of rotatable bonds is 6. The van der Waals surface area contributed by atoms with Crippen LogP contribution in [0.25, 0.3) is 0 Å². The first-order chi connectivity index (χ1) is 8.62. The molecule has 0 aliphatic rings. The number of alkyl halides is 4. The maximum absolute atomic E-state index is 12.7. The molecule has 0 aliphatic heterocycles. The third-order valence-corrected chi connectivity index (χ3v) is 5.07. The number of aliphatic hydroxyl groups is 1. The molecule has 0 saturated heterocycles. The minimum Gasteiger partial charge on any atom is -0.391 e. The standard InChI is InChI=1S/C9H11F4NO3S2/c1-5-3-18-6(2-15)7(5)19(16,17)14-4-9(12,13)8(10)11/h3,8,14-15H,2,4H2,1H3. The van der Waals surface area contributed by atoms with Gasteiger partial charge in [-0.15, -0.1) is 11.3 Å². The van der Waals surface area contributed by atoms with Crippen LogP contribution in [0.4, 0.5) is 17.6 Å². The molecule has 1 aromatic rings. The first-order valence-electron chi connectivity index (χ1n) is 4.95. The average molecular weight is 321 g/mol. The zero-order valence-electron chi connectivity index (χ0n) is 9.66. The third kappa shape index (κ3) is 3.65. The van der Waals surface area contributed by atoms with E-state index in [1.165, 1.54) is 17.0 Å². The normalized spacial score (nSPS) is 13.2. The van der Waals surface area contributed by atoms with Crippen molar-refractivity contribution in [3.63, 3.8) is 0 Å². The summed E-state index contributed by atoms with van der Waals surface area (Å²) in [4.78, 5) is -0.282. The van der Waals surface area contributed by atoms with Gasteiger partial charge in [-0.2, -0.15) is 8.78 Å². The topological polar surface area (TPSA) is 66.4 Å². The molecule has 0 fully saturated rings. The van der Waals surface area contributed by atoms with E-state index in [2.05, 4.69) is 0 Å². The second kappa shape index (κ2) is 5.73. The van der Waals surface area contributed by atoms with Crippen molar-refractivity contribution >= 4 is 21.4 Å². The lowest BCUT2D eigenvalue weighted by molar-refractivity contribution is -0.122. The summed E-state index contributed by atoms with van der Waals surface area (Å²) < 4.78 is 74.2. The van der Waals surface area contributed by atoms with Crippen molar-refractivity contribution in [1.29, 1.82) is 0 Å². The molecule has 0 atom stereocenters. The lowest BCUT2D eigenvalue weighted by Gasteiger charge is -2.16. The highest BCUT2D eigenvalue weighted by atomic mass is 32.2. The van der Waals surface area contributed by atoms with Crippen molar-refractivity contribution in [1.82, 2.24) is 4.72 Å². The van der Waals surface area contributed by atoms with Gasteiger partial charge in [-0.1, -0.05) is 0 Å². The van der Waals surface area contributed by atoms with E-state index >= 15 is 0 Å². The smallest absolute Gasteiger partial charge is 0.320 e. The second-order valence-corrected chi connectivity index (χ2v) is 6.38. The maximum atomic E-state index is 12.7. The molecule has 110 valence electrons. The van der Waals surface area contributed by atoms with Gasteiger partial charge in [0.2, 0.25) is 10.0 Å². The monoisotopic (exact) mass is 321 g/mol. The molecule has 10 heteroatoms. The first kappa shape index (κ1) is 16.3. The highest BCUT2D eigenvalue weighted by Gasteiger charge is 2.42. The van der Waals surface area contributed by atoms with Gasteiger partial charge < -0.3 is 5.11 Å². The van der Waals surface area contributed by atoms with Gasteiger partial charge in [-0.25, -0.2) is 21.9 Å². The average Bonchev–Trinajstić information content (AvgIpc) is 2.68. The lowest BCUT2D eigenvalue weighted by Crippen LogP contribution is -2.41. The Hall–Kier alpha value is -0.710. The van der Waals surface area contributed by atoms with Crippen molar-refractivity contribution < 1.29 is 31.1 Å². The van der Waals surface area contributed by atoms with Crippen molar-refractivity contribution in [3.8, 4) is 0 Å². The molecule has 1 heterocycles. The Morgan fingerprint density at radius 2 is 2.05 bits per heavy atom. The van der Waals surface area contributed by atoms with E-state index < -0.39 is 35.5 Å². The number of hydrogen-bond acceptors (Lipinski definition) is 4. The molecule has 0 bridgehead atoms. The quantitative estimate of drug-likeness (QED) is 0.784. The predicted molar refractivity (Wildman–Crippen MR) is 61.1 cm³/mol. The Balaban J connectivity index is 2.97. The van der Waals surface area contributed by atoms with Gasteiger partial charge >= 0.3 is 12.3 Å². The van der Waals surface area contributed by atoms with Crippen LogP contribution in [0.2, 0.25) is 0 Å². The first-order valence-corrected chi connectivity index (χ1v) is 7.31. The van der Waals surface area contributed by atoms with Gasteiger partial charge in [0.1, 0.15) is 4.90 Å². The molecule has 0 radical (unpaired) electrons. The fraction of sp³-hybridized carbons (Fsp3) is 0.556. The van der Waals surface area contributed by atoms with Crippen LogP contribution >= 0.6 is 11.3 Å². The van der Waals surface area contributed by atoms with Crippen molar-refractivity contribution in [2.45, 2.75) is 30.8 Å². The minimum absolute atomic E-state index is 0.0605. The number of sulfonamides is 1. The summed E-state index contributed by atoms with van der Waals surface area (Å²) in [5.41, 5.74) is 0.252. The van der Waals surface area contributed by atoms with Gasteiger partial charge in [0, 0.05) is 0 Å². The van der Waals surface area contributed by atoms with Crippen molar-refractivity contribution in [2.75, 3.05) is 6.54 Å². The molecular formula is C9H11F4NO3S2. The van der Waals surface area contributed by atoms with Gasteiger partial charge in [0.05, 0.1) is 18.0 Å². The van der Waals surface area contributed by atoms with E-state index in [0.29, 0.717) is 0 Å². The second-order valence-electron chi connectivity index (χ2n) is 3.72. The minimum atomic E-state index is -4.45. The molecular weight excluding hydrogens is 310 g/mol. The van der Waals surface area contributed by atoms with Crippen molar-refractivity contribution in [3.05, 3.63) is 15.8 Å². The molecule has 0 aliphatic carbocycles. The highest BCUT2D eigenvalue weighted by molar-refractivity contribution is 7.89. The fourth-order valence-electron chi connectivity index (χ4n) is 1.30. The summed E-state index contributed by atoms with van der Waals surface area (Å²) in [6.07, 6.45) is -3.96. The summed E-state index contributed by atoms with van der Waals surface area (Å²) in [5, 5.41) is 10.4. The third-order valence-electron chi connectivity index (χ3n) is 2.22. The Morgan fingerprint density at radius 1 is 1.47 bits per heavy atom. The Labute approximate surface area is 111 Å². The predicted octanol–water partition coefficient (Wildman–Crippen LogP) is 1.73. The molecule has 19 heavy (non-hydrogen) atoms. The van der Waals surface area contributed by atoms with Crippen LogP contribution in [0.5, 0.6) is 0 Å². The van der Waals surface area contributed by atoms with Gasteiger partial charge in [-0.05, 0) is 17.9 Å². The summed E-state index contributed by atoms with van der Waals surface area (Å²) in [7, 11) is -4.37. The van der Waals surface area contributed by atoms with E-state index in [1.807, 2.05) is 0 Å². The van der Waals surface area contributed by atoms with Crippen LogP contribution in [-0.2, 0) is 16.6 Å². The lowest BCUT2D eigenvalue weighted by atomic mass is 10.3. The van der Waals surface area contributed by atoms with Crippen LogP contribution in [0, 0.1) is 6.92 Å². The molecule has 0 amide bonds. The van der Waals surface area contributed by atoms with Crippen LogP contribution in [0.15, 0.2) is 10.3 Å². The Bertz CT molecular complexity index is 542. The molecule has 4 nitrogen and oxygen atoms in total. The van der Waals surface area contributed by atoms with Crippen LogP contribution < -0.4 is 4.72 Å². The molecule has 0 aromatic carbocycles. The van der Waals surface area contributed by atoms with E-state index in [4.69, 9.17) is 5.11 Å². The van der Waals surface area contributed by atoms with Crippen LogP contribution in [-0.4, -0.2) is 32.4 Å². The van der Waals surface area contributed by atoms with E-state index in [0.717, 1.165) is 11.3 Å². The summed E-state index contributed by atoms with van der Waals surface area (Å²) in [6.45, 7) is -0.872. The molecule has 0 saturated carbocycles. The van der Waals surface area contributed by atoms with Crippen LogP contribution in [0.3, 0.4) is 0 Å².